The number of benzene rings is 2. The van der Waals surface area contributed by atoms with Crippen molar-refractivity contribution < 1.29 is 27.6 Å². The Morgan fingerprint density at radius 1 is 0.880 bits per heavy atom. The Kier molecular flexibility index (Phi) is 4.03. The van der Waals surface area contributed by atoms with E-state index in [9.17, 15) is 27.6 Å². The number of hydrogen-bond acceptors (Lipinski definition) is 3. The fraction of sp³-hybridized carbons (Fsp3) is 0.118. The molecule has 0 atom stereocenters. The summed E-state index contributed by atoms with van der Waals surface area (Å²) < 4.78 is 38.8. The van der Waals surface area contributed by atoms with E-state index < -0.39 is 30.6 Å². The lowest BCUT2D eigenvalue weighted by atomic mass is 10.1. The first-order valence-corrected chi connectivity index (χ1v) is 7.19. The maximum absolute atomic E-state index is 12.9. The summed E-state index contributed by atoms with van der Waals surface area (Å²) in [6, 6.07) is 13.0. The van der Waals surface area contributed by atoms with E-state index in [1.807, 2.05) is 0 Å². The van der Waals surface area contributed by atoms with E-state index in [-0.39, 0.29) is 16.8 Å². The van der Waals surface area contributed by atoms with Crippen LogP contribution in [0.1, 0.15) is 20.7 Å². The normalized spacial score (nSPS) is 13.8. The molecule has 0 saturated carbocycles. The number of rotatable bonds is 3. The van der Waals surface area contributed by atoms with Gasteiger partial charge in [-0.2, -0.15) is 13.2 Å². The van der Waals surface area contributed by atoms with Gasteiger partial charge in [-0.15, -0.1) is 0 Å². The molecule has 0 unspecified atom stereocenters. The summed E-state index contributed by atoms with van der Waals surface area (Å²) in [4.78, 5) is 37.4. The van der Waals surface area contributed by atoms with Gasteiger partial charge < -0.3 is 0 Å². The van der Waals surface area contributed by atoms with Crippen LogP contribution in [0.5, 0.6) is 0 Å². The summed E-state index contributed by atoms with van der Waals surface area (Å²) in [6.45, 7) is -0.825. The lowest BCUT2D eigenvalue weighted by molar-refractivity contribution is -0.170. The van der Waals surface area contributed by atoms with Gasteiger partial charge in [-0.3, -0.25) is 24.2 Å². The Labute approximate surface area is 140 Å². The number of hydrogen-bond donors (Lipinski definition) is 0. The number of carbonyl (C=O) groups is 3. The van der Waals surface area contributed by atoms with E-state index in [1.165, 1.54) is 36.4 Å². The Bertz CT molecular complexity index is 815. The predicted octanol–water partition coefficient (Wildman–Crippen LogP) is 2.84. The van der Waals surface area contributed by atoms with Crippen LogP contribution in [0.25, 0.3) is 0 Å². The van der Waals surface area contributed by atoms with Crippen LogP contribution < -0.4 is 4.90 Å². The summed E-state index contributed by atoms with van der Waals surface area (Å²) in [6.07, 6.45) is -5.14. The molecule has 0 radical (unpaired) electrons. The molecule has 5 nitrogen and oxygen atoms in total. The number of para-hydroxylation sites is 1. The molecule has 0 spiro atoms. The molecule has 0 bridgehead atoms. The number of imide groups is 1. The molecule has 1 aliphatic rings. The van der Waals surface area contributed by atoms with E-state index in [4.69, 9.17) is 0 Å². The summed E-state index contributed by atoms with van der Waals surface area (Å²) in [7, 11) is 0. The summed E-state index contributed by atoms with van der Waals surface area (Å²) in [5.41, 5.74) is 0.126. The standard InChI is InChI=1S/C17H11F3N2O3/c18-17(19,20)16(25)21(11-6-2-1-3-7-11)10-22-14(23)12-8-4-5-9-13(12)15(22)24/h1-9H,10H2. The molecule has 128 valence electrons. The first-order chi connectivity index (χ1) is 11.8. The lowest BCUT2D eigenvalue weighted by Crippen LogP contribution is -2.49. The van der Waals surface area contributed by atoms with Gasteiger partial charge >= 0.3 is 12.1 Å². The van der Waals surface area contributed by atoms with Crippen molar-refractivity contribution in [2.75, 3.05) is 11.6 Å². The number of alkyl halides is 3. The first kappa shape index (κ1) is 16.7. The molecule has 2 aromatic carbocycles. The third kappa shape index (κ3) is 2.98. The highest BCUT2D eigenvalue weighted by atomic mass is 19.4. The number of nitrogens with zero attached hydrogens (tertiary/aromatic N) is 2. The average Bonchev–Trinajstić information content (AvgIpc) is 2.84. The fourth-order valence-electron chi connectivity index (χ4n) is 2.53. The number of fused-ring (bicyclic) bond motifs is 1. The predicted molar refractivity (Wildman–Crippen MR) is 81.8 cm³/mol. The largest absolute Gasteiger partial charge is 0.471 e. The van der Waals surface area contributed by atoms with Gasteiger partial charge in [0.25, 0.3) is 11.8 Å². The third-order valence-corrected chi connectivity index (χ3v) is 3.72. The van der Waals surface area contributed by atoms with E-state index in [2.05, 4.69) is 0 Å². The van der Waals surface area contributed by atoms with E-state index in [1.54, 1.807) is 18.2 Å². The Morgan fingerprint density at radius 3 is 1.84 bits per heavy atom. The molecular formula is C17H11F3N2O3. The van der Waals surface area contributed by atoms with Crippen LogP contribution in [0.15, 0.2) is 54.6 Å². The smallest absolute Gasteiger partial charge is 0.286 e. The van der Waals surface area contributed by atoms with Gasteiger partial charge in [0, 0.05) is 5.69 Å². The molecule has 0 saturated heterocycles. The zero-order chi connectivity index (χ0) is 18.2. The van der Waals surface area contributed by atoms with Gasteiger partial charge in [0.15, 0.2) is 0 Å². The van der Waals surface area contributed by atoms with Crippen molar-refractivity contribution >= 4 is 23.4 Å². The van der Waals surface area contributed by atoms with E-state index in [0.29, 0.717) is 9.80 Å². The van der Waals surface area contributed by atoms with Gasteiger partial charge in [0.2, 0.25) is 0 Å². The molecule has 0 N–H and O–H groups in total. The van der Waals surface area contributed by atoms with Crippen LogP contribution >= 0.6 is 0 Å². The molecule has 1 aliphatic heterocycles. The monoisotopic (exact) mass is 348 g/mol. The van der Waals surface area contributed by atoms with Crippen molar-refractivity contribution in [1.82, 2.24) is 4.90 Å². The molecule has 3 rings (SSSR count). The maximum Gasteiger partial charge on any atom is 0.471 e. The average molecular weight is 348 g/mol. The molecule has 0 aromatic heterocycles. The van der Waals surface area contributed by atoms with Gasteiger partial charge in [-0.05, 0) is 24.3 Å². The highest BCUT2D eigenvalue weighted by Gasteiger charge is 2.45. The van der Waals surface area contributed by atoms with Crippen LogP contribution in [0, 0.1) is 0 Å². The summed E-state index contributed by atoms with van der Waals surface area (Å²) in [5, 5.41) is 0. The molecule has 3 amide bonds. The minimum Gasteiger partial charge on any atom is -0.286 e. The van der Waals surface area contributed by atoms with Gasteiger partial charge in [-0.25, -0.2) is 0 Å². The van der Waals surface area contributed by atoms with Crippen LogP contribution in [0.4, 0.5) is 18.9 Å². The molecule has 1 heterocycles. The van der Waals surface area contributed by atoms with Crippen LogP contribution in [-0.2, 0) is 4.79 Å². The van der Waals surface area contributed by atoms with Crippen molar-refractivity contribution in [3.63, 3.8) is 0 Å². The number of anilines is 1. The Balaban J connectivity index is 1.96. The molecule has 8 heteroatoms. The second kappa shape index (κ2) is 6.04. The zero-order valence-corrected chi connectivity index (χ0v) is 12.7. The summed E-state index contributed by atoms with van der Waals surface area (Å²) >= 11 is 0. The van der Waals surface area contributed by atoms with Crippen LogP contribution in [-0.4, -0.2) is 35.5 Å². The molecule has 25 heavy (non-hydrogen) atoms. The third-order valence-electron chi connectivity index (χ3n) is 3.72. The number of halogens is 3. The highest BCUT2D eigenvalue weighted by Crippen LogP contribution is 2.27. The van der Waals surface area contributed by atoms with Crippen molar-refractivity contribution in [2.24, 2.45) is 0 Å². The van der Waals surface area contributed by atoms with Crippen LogP contribution in [0.3, 0.4) is 0 Å². The topological polar surface area (TPSA) is 57.7 Å². The van der Waals surface area contributed by atoms with Gasteiger partial charge in [0.05, 0.1) is 11.1 Å². The minimum absolute atomic E-state index is 0.0682. The molecular weight excluding hydrogens is 337 g/mol. The van der Waals surface area contributed by atoms with Crippen molar-refractivity contribution in [1.29, 1.82) is 0 Å². The fourth-order valence-corrected chi connectivity index (χ4v) is 2.53. The van der Waals surface area contributed by atoms with Crippen molar-refractivity contribution in [3.05, 3.63) is 65.7 Å². The Hall–Kier alpha value is -3.16. The maximum atomic E-state index is 12.9. The Morgan fingerprint density at radius 2 is 1.36 bits per heavy atom. The zero-order valence-electron chi connectivity index (χ0n) is 12.7. The SMILES string of the molecule is O=C1c2ccccc2C(=O)N1CN(C(=O)C(F)(F)F)c1ccccc1. The molecule has 0 fully saturated rings. The van der Waals surface area contributed by atoms with Gasteiger partial charge in [0.1, 0.15) is 6.67 Å². The second-order valence-electron chi connectivity index (χ2n) is 5.29. The van der Waals surface area contributed by atoms with Crippen molar-refractivity contribution in [3.8, 4) is 0 Å². The van der Waals surface area contributed by atoms with Crippen LogP contribution in [0.2, 0.25) is 0 Å². The van der Waals surface area contributed by atoms with Crippen molar-refractivity contribution in [2.45, 2.75) is 6.18 Å². The van der Waals surface area contributed by atoms with E-state index in [0.717, 1.165) is 0 Å². The summed E-state index contributed by atoms with van der Waals surface area (Å²) in [5.74, 6) is -3.64. The molecule has 2 aromatic rings. The number of amides is 3. The quantitative estimate of drug-likeness (QED) is 0.802. The first-order valence-electron chi connectivity index (χ1n) is 7.19. The highest BCUT2D eigenvalue weighted by molar-refractivity contribution is 6.21. The van der Waals surface area contributed by atoms with Gasteiger partial charge in [-0.1, -0.05) is 30.3 Å². The van der Waals surface area contributed by atoms with E-state index >= 15 is 0 Å². The minimum atomic E-state index is -5.14. The second-order valence-corrected chi connectivity index (χ2v) is 5.29. The lowest BCUT2D eigenvalue weighted by Gasteiger charge is -2.27. The molecule has 0 aliphatic carbocycles. The number of carbonyl (C=O) groups excluding carboxylic acids is 3.